The third-order valence-electron chi connectivity index (χ3n) is 3.86. The van der Waals surface area contributed by atoms with Gasteiger partial charge < -0.3 is 14.6 Å². The van der Waals surface area contributed by atoms with Crippen molar-refractivity contribution in [2.75, 3.05) is 53.6 Å². The molecule has 0 radical (unpaired) electrons. The topological polar surface area (TPSA) is 45.2 Å². The Morgan fingerprint density at radius 2 is 1.67 bits per heavy atom. The van der Waals surface area contributed by atoms with Crippen molar-refractivity contribution in [3.05, 3.63) is 29.8 Å². The molecule has 1 aromatic carbocycles. The van der Waals surface area contributed by atoms with Crippen molar-refractivity contribution in [3.8, 4) is 5.75 Å². The van der Waals surface area contributed by atoms with Crippen molar-refractivity contribution in [2.24, 2.45) is 0 Å². The molecule has 0 amide bonds. The van der Waals surface area contributed by atoms with Gasteiger partial charge in [0.2, 0.25) is 0 Å². The van der Waals surface area contributed by atoms with Crippen LogP contribution in [0.4, 0.5) is 0 Å². The van der Waals surface area contributed by atoms with E-state index in [-0.39, 0.29) is 6.10 Å². The number of aliphatic hydroxyl groups excluding tert-OH is 1. The highest BCUT2D eigenvalue weighted by Crippen LogP contribution is 2.14. The molecule has 1 heterocycles. The van der Waals surface area contributed by atoms with Gasteiger partial charge in [0.15, 0.2) is 0 Å². The molecule has 21 heavy (non-hydrogen) atoms. The fraction of sp³-hybridized carbons (Fsp3) is 0.625. The number of β-amino-alcohol motifs (C(OH)–C–C–N with tert-alkyl or cyclic N) is 1. The minimum absolute atomic E-state index is 0.386. The number of hydrogen-bond donors (Lipinski definition) is 1. The van der Waals surface area contributed by atoms with E-state index in [0.717, 1.165) is 38.5 Å². The zero-order chi connectivity index (χ0) is 15.1. The van der Waals surface area contributed by atoms with Gasteiger partial charge in [-0.05, 0) is 17.7 Å². The number of ether oxygens (including phenoxy) is 2. The lowest BCUT2D eigenvalue weighted by Crippen LogP contribution is -2.48. The van der Waals surface area contributed by atoms with E-state index in [0.29, 0.717) is 13.2 Å². The fourth-order valence-corrected chi connectivity index (χ4v) is 2.66. The van der Waals surface area contributed by atoms with Crippen molar-refractivity contribution >= 4 is 0 Å². The molecule has 0 bridgehead atoms. The molecule has 5 nitrogen and oxygen atoms in total. The van der Waals surface area contributed by atoms with Crippen molar-refractivity contribution in [1.82, 2.24) is 9.80 Å². The molecule has 1 aromatic rings. The van der Waals surface area contributed by atoms with Crippen LogP contribution in [0.15, 0.2) is 24.3 Å². The zero-order valence-electron chi connectivity index (χ0n) is 13.0. The van der Waals surface area contributed by atoms with Crippen LogP contribution < -0.4 is 4.74 Å². The lowest BCUT2D eigenvalue weighted by molar-refractivity contribution is 0.0230. The van der Waals surface area contributed by atoms with E-state index in [2.05, 4.69) is 21.9 Å². The number of benzene rings is 1. The van der Waals surface area contributed by atoms with Gasteiger partial charge >= 0.3 is 0 Å². The first-order valence-electron chi connectivity index (χ1n) is 7.46. The Bertz CT molecular complexity index is 402. The third-order valence-corrected chi connectivity index (χ3v) is 3.86. The van der Waals surface area contributed by atoms with E-state index in [1.165, 1.54) is 5.56 Å². The number of nitrogens with zero attached hydrogens (tertiary/aromatic N) is 2. The second-order valence-electron chi connectivity index (χ2n) is 5.53. The molecule has 0 aromatic heterocycles. The summed E-state index contributed by atoms with van der Waals surface area (Å²) in [5, 5.41) is 9.76. The van der Waals surface area contributed by atoms with Crippen LogP contribution in [0.1, 0.15) is 5.56 Å². The second-order valence-corrected chi connectivity index (χ2v) is 5.53. The summed E-state index contributed by atoms with van der Waals surface area (Å²) in [6, 6.07) is 8.25. The van der Waals surface area contributed by atoms with Crippen LogP contribution in [0.2, 0.25) is 0 Å². The van der Waals surface area contributed by atoms with Crippen LogP contribution in [0.5, 0.6) is 5.75 Å². The molecule has 118 valence electrons. The highest BCUT2D eigenvalue weighted by atomic mass is 16.5. The number of rotatable bonds is 7. The molecule has 1 atom stereocenters. The molecule has 1 fully saturated rings. The lowest BCUT2D eigenvalue weighted by atomic mass is 10.2. The SMILES string of the molecule is COC[C@@H](O)CN1CCN(Cc2ccc(OC)cc2)CC1. The van der Waals surface area contributed by atoms with E-state index >= 15 is 0 Å². The molecule has 5 heteroatoms. The van der Waals surface area contributed by atoms with Crippen LogP contribution >= 0.6 is 0 Å². The van der Waals surface area contributed by atoms with Crippen molar-refractivity contribution in [1.29, 1.82) is 0 Å². The summed E-state index contributed by atoms with van der Waals surface area (Å²) >= 11 is 0. The lowest BCUT2D eigenvalue weighted by Gasteiger charge is -2.35. The van der Waals surface area contributed by atoms with Gasteiger partial charge in [-0.25, -0.2) is 0 Å². The third kappa shape index (κ3) is 5.28. The Kier molecular flexibility index (Phi) is 6.45. The highest BCUT2D eigenvalue weighted by Gasteiger charge is 2.19. The summed E-state index contributed by atoms with van der Waals surface area (Å²) in [6.45, 7) is 6.14. The Hall–Kier alpha value is -1.14. The molecular weight excluding hydrogens is 268 g/mol. The molecule has 1 aliphatic rings. The summed E-state index contributed by atoms with van der Waals surface area (Å²) in [5.41, 5.74) is 1.31. The Morgan fingerprint density at radius 1 is 1.05 bits per heavy atom. The van der Waals surface area contributed by atoms with Gasteiger partial charge in [0.05, 0.1) is 19.8 Å². The number of aliphatic hydroxyl groups is 1. The molecular formula is C16H26N2O3. The average Bonchev–Trinajstić information content (AvgIpc) is 2.50. The largest absolute Gasteiger partial charge is 0.497 e. The summed E-state index contributed by atoms with van der Waals surface area (Å²) in [4.78, 5) is 4.75. The first-order valence-corrected chi connectivity index (χ1v) is 7.46. The maximum atomic E-state index is 9.76. The van der Waals surface area contributed by atoms with Crippen molar-refractivity contribution in [2.45, 2.75) is 12.6 Å². The van der Waals surface area contributed by atoms with Gasteiger partial charge in [0.1, 0.15) is 5.75 Å². The molecule has 0 unspecified atom stereocenters. The van der Waals surface area contributed by atoms with E-state index < -0.39 is 0 Å². The quantitative estimate of drug-likeness (QED) is 0.807. The smallest absolute Gasteiger partial charge is 0.118 e. The fourth-order valence-electron chi connectivity index (χ4n) is 2.66. The van der Waals surface area contributed by atoms with Gasteiger partial charge in [0, 0.05) is 46.4 Å². The number of hydrogen-bond acceptors (Lipinski definition) is 5. The van der Waals surface area contributed by atoms with Crippen molar-refractivity contribution in [3.63, 3.8) is 0 Å². The van der Waals surface area contributed by atoms with Crippen LogP contribution in [-0.4, -0.2) is 74.6 Å². The van der Waals surface area contributed by atoms with Gasteiger partial charge in [0.25, 0.3) is 0 Å². The van der Waals surface area contributed by atoms with Crippen LogP contribution in [-0.2, 0) is 11.3 Å². The normalized spacial score (nSPS) is 18.6. The van der Waals surface area contributed by atoms with E-state index in [1.807, 2.05) is 12.1 Å². The summed E-state index contributed by atoms with van der Waals surface area (Å²) in [5.74, 6) is 0.899. The molecule has 0 spiro atoms. The predicted octanol–water partition coefficient (Wildman–Crippen LogP) is 0.820. The maximum absolute atomic E-state index is 9.76. The van der Waals surface area contributed by atoms with Crippen LogP contribution in [0.3, 0.4) is 0 Å². The summed E-state index contributed by atoms with van der Waals surface area (Å²) in [7, 11) is 3.31. The standard InChI is InChI=1S/C16H26N2O3/c1-20-13-15(19)12-18-9-7-17(8-10-18)11-14-3-5-16(21-2)6-4-14/h3-6,15,19H,7-13H2,1-2H3/t15-/m0/s1. The Labute approximate surface area is 127 Å². The minimum Gasteiger partial charge on any atom is -0.497 e. The van der Waals surface area contributed by atoms with Gasteiger partial charge in [-0.2, -0.15) is 0 Å². The number of methoxy groups -OCH3 is 2. The van der Waals surface area contributed by atoms with Gasteiger partial charge in [-0.3, -0.25) is 9.80 Å². The molecule has 0 saturated carbocycles. The summed E-state index contributed by atoms with van der Waals surface area (Å²) in [6.07, 6.45) is -0.386. The monoisotopic (exact) mass is 294 g/mol. The first-order chi connectivity index (χ1) is 10.2. The molecule has 0 aliphatic carbocycles. The first kappa shape index (κ1) is 16.2. The van der Waals surface area contributed by atoms with E-state index in [1.54, 1.807) is 14.2 Å². The van der Waals surface area contributed by atoms with Crippen LogP contribution in [0.25, 0.3) is 0 Å². The predicted molar refractivity (Wildman–Crippen MR) is 82.6 cm³/mol. The molecule has 1 aliphatic heterocycles. The van der Waals surface area contributed by atoms with Crippen molar-refractivity contribution < 1.29 is 14.6 Å². The Morgan fingerprint density at radius 3 is 2.24 bits per heavy atom. The average molecular weight is 294 g/mol. The molecule has 2 rings (SSSR count). The Balaban J connectivity index is 1.73. The highest BCUT2D eigenvalue weighted by molar-refractivity contribution is 5.27. The van der Waals surface area contributed by atoms with E-state index in [9.17, 15) is 5.11 Å². The summed E-state index contributed by atoms with van der Waals surface area (Å²) < 4.78 is 10.1. The van der Waals surface area contributed by atoms with Gasteiger partial charge in [-0.1, -0.05) is 12.1 Å². The molecule has 1 N–H and O–H groups in total. The second kappa shape index (κ2) is 8.34. The minimum atomic E-state index is -0.386. The van der Waals surface area contributed by atoms with Gasteiger partial charge in [-0.15, -0.1) is 0 Å². The van der Waals surface area contributed by atoms with E-state index in [4.69, 9.17) is 9.47 Å². The maximum Gasteiger partial charge on any atom is 0.118 e. The molecule has 1 saturated heterocycles. The number of piperazine rings is 1. The zero-order valence-corrected chi connectivity index (χ0v) is 13.0. The van der Waals surface area contributed by atoms with Crippen LogP contribution in [0, 0.1) is 0 Å².